The van der Waals surface area contributed by atoms with Crippen molar-refractivity contribution >= 4 is 0 Å². The maximum atomic E-state index is 11.4. The first-order chi connectivity index (χ1) is 26.5. The second-order valence-electron chi connectivity index (χ2n) is 14.0. The molecule has 17 N–H and O–H groups in total. The van der Waals surface area contributed by atoms with E-state index in [0.29, 0.717) is 0 Å². The first kappa shape index (κ1) is 46.0. The molecule has 5 aliphatic heterocycles. The fourth-order valence-corrected chi connectivity index (χ4v) is 6.91. The van der Waals surface area contributed by atoms with E-state index >= 15 is 0 Å². The molecule has 0 saturated carbocycles. The lowest BCUT2D eigenvalue weighted by Gasteiger charge is -2.49. The molecule has 0 spiro atoms. The normalized spacial score (nSPS) is 53.2. The summed E-state index contributed by atoms with van der Waals surface area (Å²) < 4.78 is 49.1. The van der Waals surface area contributed by atoms with Crippen LogP contribution in [0.15, 0.2) is 0 Å². The van der Waals surface area contributed by atoms with Gasteiger partial charge < -0.3 is 129 Å². The van der Waals surface area contributed by atoms with Crippen LogP contribution < -0.4 is 0 Å². The van der Waals surface area contributed by atoms with E-state index in [1.54, 1.807) is 0 Å². The Labute approximate surface area is 316 Å². The molecule has 56 heavy (non-hydrogen) atoms. The van der Waals surface area contributed by atoms with Crippen LogP contribution in [0.1, 0.15) is 0 Å². The van der Waals surface area contributed by atoms with E-state index in [2.05, 4.69) is 0 Å². The number of aliphatic hydroxyl groups is 17. The average Bonchev–Trinajstić information content (AvgIpc) is 3.18. The van der Waals surface area contributed by atoms with Crippen LogP contribution in [0.5, 0.6) is 0 Å². The number of aliphatic hydroxyl groups excluding tert-OH is 17. The first-order valence-electron chi connectivity index (χ1n) is 17.6. The van der Waals surface area contributed by atoms with Crippen molar-refractivity contribution in [2.45, 2.75) is 154 Å². The van der Waals surface area contributed by atoms with Gasteiger partial charge in [0.15, 0.2) is 31.5 Å². The topological polar surface area (TPSA) is 427 Å². The van der Waals surface area contributed by atoms with Gasteiger partial charge in [-0.15, -0.1) is 0 Å². The number of ether oxygens (including phenoxy) is 9. The van der Waals surface area contributed by atoms with Gasteiger partial charge in [-0.05, 0) is 0 Å². The summed E-state index contributed by atoms with van der Waals surface area (Å²) >= 11 is 0. The third-order valence-corrected chi connectivity index (χ3v) is 10.3. The second-order valence-corrected chi connectivity index (χ2v) is 14.0. The molecule has 0 aliphatic carbocycles. The van der Waals surface area contributed by atoms with E-state index < -0.39 is 187 Å². The zero-order chi connectivity index (χ0) is 41.3. The summed E-state index contributed by atoms with van der Waals surface area (Å²) in [5, 5.41) is 177. The highest BCUT2D eigenvalue weighted by Crippen LogP contribution is 2.35. The van der Waals surface area contributed by atoms with Crippen molar-refractivity contribution in [2.75, 3.05) is 33.0 Å². The Kier molecular flexibility index (Phi) is 16.1. The van der Waals surface area contributed by atoms with Crippen molar-refractivity contribution in [1.29, 1.82) is 0 Å². The van der Waals surface area contributed by atoms with Crippen molar-refractivity contribution in [1.82, 2.24) is 0 Å². The average molecular weight is 829 g/mol. The minimum absolute atomic E-state index is 0.825. The number of rotatable bonds is 13. The summed E-state index contributed by atoms with van der Waals surface area (Å²) in [7, 11) is 0. The molecule has 25 atom stereocenters. The Balaban J connectivity index is 1.39. The minimum atomic E-state index is -2.20. The van der Waals surface area contributed by atoms with Gasteiger partial charge in [0, 0.05) is 0 Å². The molecule has 5 saturated heterocycles. The summed E-state index contributed by atoms with van der Waals surface area (Å²) in [4.78, 5) is 0. The van der Waals surface area contributed by atoms with E-state index in [0.717, 1.165) is 0 Å². The zero-order valence-electron chi connectivity index (χ0n) is 29.2. The summed E-state index contributed by atoms with van der Waals surface area (Å²) in [6.07, 6.45) is -47.1. The lowest BCUT2D eigenvalue weighted by atomic mass is 9.95. The van der Waals surface area contributed by atoms with E-state index in [1.165, 1.54) is 0 Å². The van der Waals surface area contributed by atoms with Crippen LogP contribution in [-0.2, 0) is 42.6 Å². The molecule has 5 rings (SSSR count). The number of hydrogen-bond acceptors (Lipinski definition) is 26. The largest absolute Gasteiger partial charge is 0.394 e. The van der Waals surface area contributed by atoms with Gasteiger partial charge in [-0.3, -0.25) is 0 Å². The molecular formula is C30H52O26. The van der Waals surface area contributed by atoms with E-state index in [1.807, 2.05) is 0 Å². The Hall–Kier alpha value is -1.04. The quantitative estimate of drug-likeness (QED) is 0.0819. The van der Waals surface area contributed by atoms with Crippen LogP contribution in [-0.4, -0.2) is 273 Å². The van der Waals surface area contributed by atoms with Gasteiger partial charge in [-0.25, -0.2) is 0 Å². The highest BCUT2D eigenvalue weighted by atomic mass is 16.8. The molecule has 0 unspecified atom stereocenters. The SMILES string of the molecule is OC[C@H]1O[C@@H](OC[C@H]2O[C@@H](O[C@@H]3[C@@H](O)[C@H](O[C@@H]4[C@@H](O)[C@H](O)O[C@H](CO)[C@H]4O)O[C@H](CO)[C@H]3O)[C@H](O)[C@@H](O[C@@H]3O[C@H](CO)[C@@H](O)[C@H](O)[C@H]3O)[C@@H]2O)[C@H](O)[C@@H](O)[C@@H]1O. The fourth-order valence-electron chi connectivity index (χ4n) is 6.91. The van der Waals surface area contributed by atoms with Crippen LogP contribution in [0.3, 0.4) is 0 Å². The molecule has 0 bridgehead atoms. The summed E-state index contributed by atoms with van der Waals surface area (Å²) in [5.41, 5.74) is 0. The van der Waals surface area contributed by atoms with Crippen molar-refractivity contribution in [2.24, 2.45) is 0 Å². The van der Waals surface area contributed by atoms with Crippen molar-refractivity contribution in [3.8, 4) is 0 Å². The highest BCUT2D eigenvalue weighted by Gasteiger charge is 2.56. The van der Waals surface area contributed by atoms with E-state index in [4.69, 9.17) is 42.6 Å². The third-order valence-electron chi connectivity index (χ3n) is 10.3. The lowest BCUT2D eigenvalue weighted by molar-refractivity contribution is -0.392. The molecule has 0 aromatic heterocycles. The smallest absolute Gasteiger partial charge is 0.187 e. The van der Waals surface area contributed by atoms with Crippen molar-refractivity contribution in [3.05, 3.63) is 0 Å². The Morgan fingerprint density at radius 2 is 0.625 bits per heavy atom. The molecule has 0 aromatic rings. The predicted octanol–water partition coefficient (Wildman–Crippen LogP) is -11.9. The van der Waals surface area contributed by atoms with E-state index in [9.17, 15) is 86.8 Å². The monoisotopic (exact) mass is 828 g/mol. The predicted molar refractivity (Wildman–Crippen MR) is 167 cm³/mol. The standard InChI is InChI=1S/C30H52O26/c31-1-6-11(35)16(40)18(42)27(50-6)48-5-10-15(39)25(55-28-19(43)17(41)12(36)7(2-32)51-28)22(46)30(53-10)56-24-14(38)9(4-34)52-29(21(24)45)54-23-13(37)8(3-33)49-26(47)20(23)44/h6-47H,1-5H2/t6-,7-,8-,9-,10-,11-,12-,13-,14-,15-,16+,17+,18-,19-,20-,21-,22-,23+,24+,25+,26-,27-,28+,29+,30+/m1/s1. The summed E-state index contributed by atoms with van der Waals surface area (Å²) in [6, 6.07) is 0. The molecule has 328 valence electrons. The molecule has 5 fully saturated rings. The zero-order valence-corrected chi connectivity index (χ0v) is 29.2. The van der Waals surface area contributed by atoms with Crippen LogP contribution in [0.25, 0.3) is 0 Å². The summed E-state index contributed by atoms with van der Waals surface area (Å²) in [5.74, 6) is 0. The first-order valence-corrected chi connectivity index (χ1v) is 17.6. The Bertz CT molecular complexity index is 1200. The Morgan fingerprint density at radius 3 is 1.07 bits per heavy atom. The maximum Gasteiger partial charge on any atom is 0.187 e. The van der Waals surface area contributed by atoms with Gasteiger partial charge in [-0.1, -0.05) is 0 Å². The second kappa shape index (κ2) is 19.6. The van der Waals surface area contributed by atoms with Crippen LogP contribution in [0.4, 0.5) is 0 Å². The third kappa shape index (κ3) is 9.31. The van der Waals surface area contributed by atoms with Gasteiger partial charge in [0.1, 0.15) is 122 Å². The summed E-state index contributed by atoms with van der Waals surface area (Å²) in [6.45, 7) is -4.38. The van der Waals surface area contributed by atoms with Crippen LogP contribution >= 0.6 is 0 Å². The van der Waals surface area contributed by atoms with Crippen LogP contribution in [0, 0.1) is 0 Å². The van der Waals surface area contributed by atoms with Gasteiger partial charge in [0.25, 0.3) is 0 Å². The molecule has 0 radical (unpaired) electrons. The fraction of sp³-hybridized carbons (Fsp3) is 1.00. The maximum absolute atomic E-state index is 11.4. The molecule has 0 amide bonds. The number of hydrogen-bond donors (Lipinski definition) is 17. The van der Waals surface area contributed by atoms with Gasteiger partial charge in [0.05, 0.1) is 33.0 Å². The lowest BCUT2D eigenvalue weighted by Crippen LogP contribution is -2.68. The highest BCUT2D eigenvalue weighted by molar-refractivity contribution is 4.98. The van der Waals surface area contributed by atoms with E-state index in [-0.39, 0.29) is 0 Å². The molecule has 5 aliphatic rings. The minimum Gasteiger partial charge on any atom is -0.394 e. The molecule has 0 aromatic carbocycles. The Morgan fingerprint density at radius 1 is 0.304 bits per heavy atom. The van der Waals surface area contributed by atoms with Crippen molar-refractivity contribution < 1.29 is 129 Å². The molecule has 26 nitrogen and oxygen atoms in total. The molecule has 26 heteroatoms. The van der Waals surface area contributed by atoms with Crippen LogP contribution in [0.2, 0.25) is 0 Å². The molecular weight excluding hydrogens is 776 g/mol. The van der Waals surface area contributed by atoms with Gasteiger partial charge >= 0.3 is 0 Å². The van der Waals surface area contributed by atoms with Crippen molar-refractivity contribution in [3.63, 3.8) is 0 Å². The van der Waals surface area contributed by atoms with Gasteiger partial charge in [-0.2, -0.15) is 0 Å². The van der Waals surface area contributed by atoms with Gasteiger partial charge in [0.2, 0.25) is 0 Å². The molecule has 5 heterocycles.